The molecule has 1 aliphatic carbocycles. The molecule has 3 aliphatic rings. The predicted octanol–water partition coefficient (Wildman–Crippen LogP) is 2.27. The monoisotopic (exact) mass is 323 g/mol. The van der Waals surface area contributed by atoms with Gasteiger partial charge in [-0.2, -0.15) is 0 Å². The molecule has 132 valence electrons. The number of guanidine groups is 1. The molecule has 3 fully saturated rings. The Kier molecular flexibility index (Phi) is 6.17. The van der Waals surface area contributed by atoms with Gasteiger partial charge in [-0.15, -0.1) is 0 Å². The maximum absolute atomic E-state index is 6.09. The standard InChI is InChI=1S/C18H33N3O2/c1-14-11-15(14)12-20-18(19-2)21-8-6-16(7-9-21)23-13-17-5-3-4-10-22-17/h14-17H,3-13H2,1-2H3,(H,19,20). The molecule has 3 rings (SSSR count). The lowest BCUT2D eigenvalue weighted by molar-refractivity contribution is -0.0721. The number of hydrogen-bond donors (Lipinski definition) is 1. The predicted molar refractivity (Wildman–Crippen MR) is 92.8 cm³/mol. The van der Waals surface area contributed by atoms with Crippen LogP contribution < -0.4 is 5.32 Å². The highest BCUT2D eigenvalue weighted by Gasteiger charge is 2.32. The minimum Gasteiger partial charge on any atom is -0.376 e. The van der Waals surface area contributed by atoms with E-state index < -0.39 is 0 Å². The summed E-state index contributed by atoms with van der Waals surface area (Å²) in [6, 6.07) is 0. The molecule has 3 atom stereocenters. The Morgan fingerprint density at radius 1 is 1.26 bits per heavy atom. The van der Waals surface area contributed by atoms with E-state index >= 15 is 0 Å². The average molecular weight is 323 g/mol. The lowest BCUT2D eigenvalue weighted by Gasteiger charge is -2.35. The van der Waals surface area contributed by atoms with Gasteiger partial charge in [0.25, 0.3) is 0 Å². The second kappa shape index (κ2) is 8.34. The Labute approximate surface area is 140 Å². The maximum atomic E-state index is 6.09. The number of aliphatic imine (C=N–C) groups is 1. The van der Waals surface area contributed by atoms with Crippen molar-refractivity contribution in [2.24, 2.45) is 16.8 Å². The van der Waals surface area contributed by atoms with Crippen LogP contribution in [0.4, 0.5) is 0 Å². The number of nitrogens with zero attached hydrogens (tertiary/aromatic N) is 2. The molecule has 0 radical (unpaired) electrons. The Hall–Kier alpha value is -0.810. The molecule has 5 heteroatoms. The van der Waals surface area contributed by atoms with Gasteiger partial charge in [-0.1, -0.05) is 6.92 Å². The number of rotatable bonds is 5. The van der Waals surface area contributed by atoms with Crippen molar-refractivity contribution in [3.05, 3.63) is 0 Å². The van der Waals surface area contributed by atoms with E-state index in [0.29, 0.717) is 12.2 Å². The van der Waals surface area contributed by atoms with Gasteiger partial charge in [0, 0.05) is 33.3 Å². The highest BCUT2D eigenvalue weighted by atomic mass is 16.5. The zero-order valence-corrected chi connectivity index (χ0v) is 14.8. The van der Waals surface area contributed by atoms with Gasteiger partial charge in [0.05, 0.1) is 18.8 Å². The van der Waals surface area contributed by atoms with E-state index in [1.54, 1.807) is 0 Å². The number of hydrogen-bond acceptors (Lipinski definition) is 3. The van der Waals surface area contributed by atoms with Gasteiger partial charge in [0.15, 0.2) is 5.96 Å². The van der Waals surface area contributed by atoms with Gasteiger partial charge in [-0.05, 0) is 50.4 Å². The Bertz CT molecular complexity index is 388. The van der Waals surface area contributed by atoms with Crippen LogP contribution in [-0.4, -0.2) is 63.0 Å². The molecule has 0 spiro atoms. The second-order valence-corrected chi connectivity index (χ2v) is 7.41. The normalized spacial score (nSPS) is 32.9. The van der Waals surface area contributed by atoms with Crippen molar-refractivity contribution in [1.29, 1.82) is 0 Å². The van der Waals surface area contributed by atoms with E-state index in [9.17, 15) is 0 Å². The topological polar surface area (TPSA) is 46.1 Å². The van der Waals surface area contributed by atoms with Crippen LogP contribution in [0.15, 0.2) is 4.99 Å². The molecule has 3 unspecified atom stereocenters. The van der Waals surface area contributed by atoms with Crippen molar-refractivity contribution in [3.63, 3.8) is 0 Å². The summed E-state index contributed by atoms with van der Waals surface area (Å²) in [5.74, 6) is 2.81. The molecule has 2 heterocycles. The van der Waals surface area contributed by atoms with E-state index in [0.717, 1.165) is 69.9 Å². The van der Waals surface area contributed by atoms with Gasteiger partial charge < -0.3 is 19.7 Å². The lowest BCUT2D eigenvalue weighted by Crippen LogP contribution is -2.47. The van der Waals surface area contributed by atoms with Gasteiger partial charge >= 0.3 is 0 Å². The molecule has 1 N–H and O–H groups in total. The van der Waals surface area contributed by atoms with Gasteiger partial charge in [-0.3, -0.25) is 4.99 Å². The minimum atomic E-state index is 0.330. The molecule has 0 amide bonds. The Morgan fingerprint density at radius 3 is 2.65 bits per heavy atom. The largest absolute Gasteiger partial charge is 0.376 e. The third kappa shape index (κ3) is 5.08. The molecule has 5 nitrogen and oxygen atoms in total. The second-order valence-electron chi connectivity index (χ2n) is 7.41. The molecular formula is C18H33N3O2. The zero-order chi connectivity index (χ0) is 16.1. The average Bonchev–Trinajstić information content (AvgIpc) is 3.31. The third-order valence-corrected chi connectivity index (χ3v) is 5.54. The number of likely N-dealkylation sites (tertiary alicyclic amines) is 1. The van der Waals surface area contributed by atoms with Crippen LogP contribution >= 0.6 is 0 Å². The summed E-state index contributed by atoms with van der Waals surface area (Å²) in [4.78, 5) is 6.83. The summed E-state index contributed by atoms with van der Waals surface area (Å²) in [6.07, 6.45) is 7.92. The lowest BCUT2D eigenvalue weighted by atomic mass is 10.1. The molecule has 0 aromatic heterocycles. The molecule has 0 aromatic carbocycles. The fourth-order valence-corrected chi connectivity index (χ4v) is 3.65. The zero-order valence-electron chi connectivity index (χ0n) is 14.8. The quantitative estimate of drug-likeness (QED) is 0.623. The van der Waals surface area contributed by atoms with E-state index in [1.807, 2.05) is 7.05 Å². The number of piperidine rings is 1. The van der Waals surface area contributed by atoms with Crippen LogP contribution in [0, 0.1) is 11.8 Å². The smallest absolute Gasteiger partial charge is 0.193 e. The van der Waals surface area contributed by atoms with Crippen LogP contribution in [0.2, 0.25) is 0 Å². The fourth-order valence-electron chi connectivity index (χ4n) is 3.65. The van der Waals surface area contributed by atoms with Crippen molar-refractivity contribution in [2.75, 3.05) is 39.9 Å². The fraction of sp³-hybridized carbons (Fsp3) is 0.944. The summed E-state index contributed by atoms with van der Waals surface area (Å²) >= 11 is 0. The van der Waals surface area contributed by atoms with Gasteiger partial charge in [0.2, 0.25) is 0 Å². The molecule has 23 heavy (non-hydrogen) atoms. The van der Waals surface area contributed by atoms with Crippen molar-refractivity contribution in [3.8, 4) is 0 Å². The van der Waals surface area contributed by atoms with Crippen molar-refractivity contribution in [2.45, 2.75) is 57.7 Å². The summed E-state index contributed by atoms with van der Waals surface area (Å²) in [7, 11) is 1.89. The highest BCUT2D eigenvalue weighted by Crippen LogP contribution is 2.36. The molecule has 0 aromatic rings. The van der Waals surface area contributed by atoms with E-state index in [4.69, 9.17) is 9.47 Å². The van der Waals surface area contributed by atoms with Crippen molar-refractivity contribution in [1.82, 2.24) is 10.2 Å². The van der Waals surface area contributed by atoms with Crippen LogP contribution in [-0.2, 0) is 9.47 Å². The summed E-state index contributed by atoms with van der Waals surface area (Å²) in [5, 5.41) is 3.55. The van der Waals surface area contributed by atoms with E-state index in [2.05, 4.69) is 22.1 Å². The molecular weight excluding hydrogens is 290 g/mol. The van der Waals surface area contributed by atoms with Crippen LogP contribution in [0.25, 0.3) is 0 Å². The molecule has 2 saturated heterocycles. The Morgan fingerprint density at radius 2 is 2.04 bits per heavy atom. The third-order valence-electron chi connectivity index (χ3n) is 5.54. The van der Waals surface area contributed by atoms with Crippen LogP contribution in [0.3, 0.4) is 0 Å². The van der Waals surface area contributed by atoms with Crippen molar-refractivity contribution < 1.29 is 9.47 Å². The first-order valence-electron chi connectivity index (χ1n) is 9.45. The maximum Gasteiger partial charge on any atom is 0.193 e. The summed E-state index contributed by atoms with van der Waals surface area (Å²) < 4.78 is 11.8. The molecule has 0 bridgehead atoms. The van der Waals surface area contributed by atoms with Gasteiger partial charge in [-0.25, -0.2) is 0 Å². The van der Waals surface area contributed by atoms with E-state index in [1.165, 1.54) is 19.3 Å². The van der Waals surface area contributed by atoms with Crippen molar-refractivity contribution >= 4 is 5.96 Å². The van der Waals surface area contributed by atoms with Gasteiger partial charge in [0.1, 0.15) is 0 Å². The van der Waals surface area contributed by atoms with E-state index in [-0.39, 0.29) is 0 Å². The molecule has 2 aliphatic heterocycles. The van der Waals surface area contributed by atoms with Crippen LogP contribution in [0.5, 0.6) is 0 Å². The minimum absolute atomic E-state index is 0.330. The summed E-state index contributed by atoms with van der Waals surface area (Å²) in [5.41, 5.74) is 0. The number of ether oxygens (including phenoxy) is 2. The highest BCUT2D eigenvalue weighted by molar-refractivity contribution is 5.80. The first kappa shape index (κ1) is 17.0. The molecule has 1 saturated carbocycles. The first-order valence-corrected chi connectivity index (χ1v) is 9.45. The van der Waals surface area contributed by atoms with Crippen LogP contribution in [0.1, 0.15) is 45.4 Å². The SMILES string of the molecule is CN=C(NCC1CC1C)N1CCC(OCC2CCCCO2)CC1. The Balaban J connectivity index is 1.33. The number of nitrogens with one attached hydrogen (secondary N) is 1. The first-order chi connectivity index (χ1) is 11.3. The summed E-state index contributed by atoms with van der Waals surface area (Å²) in [6.45, 7) is 7.16.